The van der Waals surface area contributed by atoms with Gasteiger partial charge in [0.25, 0.3) is 0 Å². The first-order valence-electron chi connectivity index (χ1n) is 5.44. The van der Waals surface area contributed by atoms with Crippen molar-refractivity contribution in [3.8, 4) is 0 Å². The maximum Gasteiger partial charge on any atom is 0.418 e. The number of hydrogen-bond donors (Lipinski definition) is 1. The molecule has 19 heavy (non-hydrogen) atoms. The maximum atomic E-state index is 12.9. The number of anilines is 1. The smallest absolute Gasteiger partial charge is 0.384 e. The second-order valence-electron chi connectivity index (χ2n) is 3.84. The normalized spacial score (nSPS) is 11.6. The van der Waals surface area contributed by atoms with Crippen molar-refractivity contribution in [2.75, 3.05) is 11.9 Å². The van der Waals surface area contributed by atoms with Crippen LogP contribution in [-0.2, 0) is 12.6 Å². The summed E-state index contributed by atoms with van der Waals surface area (Å²) in [6.45, 7) is 0.411. The average molecular weight is 351 g/mol. The summed E-state index contributed by atoms with van der Waals surface area (Å²) in [5, 5.41) is 4.69. The van der Waals surface area contributed by atoms with Gasteiger partial charge >= 0.3 is 6.18 Å². The minimum absolute atomic E-state index is 0.0888. The fourth-order valence-electron chi connectivity index (χ4n) is 1.59. The number of halogens is 4. The van der Waals surface area contributed by atoms with Crippen molar-refractivity contribution < 1.29 is 13.2 Å². The van der Waals surface area contributed by atoms with Crippen LogP contribution < -0.4 is 5.32 Å². The summed E-state index contributed by atoms with van der Waals surface area (Å²) in [6.07, 6.45) is -3.77. The topological polar surface area (TPSA) is 24.9 Å². The highest BCUT2D eigenvalue weighted by molar-refractivity contribution is 9.10. The lowest BCUT2D eigenvalue weighted by Crippen LogP contribution is -2.12. The number of rotatable bonds is 4. The molecule has 0 spiro atoms. The van der Waals surface area contributed by atoms with Crippen molar-refractivity contribution in [1.82, 2.24) is 4.98 Å². The number of nitrogens with one attached hydrogen (secondary N) is 1. The third-order valence-electron chi connectivity index (χ3n) is 2.47. The maximum absolute atomic E-state index is 12.9. The van der Waals surface area contributed by atoms with E-state index in [9.17, 15) is 13.2 Å². The Labute approximate surface area is 120 Å². The molecular formula is C12H10BrF3N2S. The standard InChI is InChI=1S/C12H10BrF3N2S/c13-8-1-2-11(10(5-8)12(14,15)16)17-4-3-9-6-19-7-18-9/h1-2,5-7,17H,3-4H2. The van der Waals surface area contributed by atoms with Crippen LogP contribution in [-0.4, -0.2) is 11.5 Å². The van der Waals surface area contributed by atoms with E-state index in [1.54, 1.807) is 11.6 Å². The van der Waals surface area contributed by atoms with Gasteiger partial charge in [-0.1, -0.05) is 15.9 Å². The van der Waals surface area contributed by atoms with E-state index < -0.39 is 11.7 Å². The summed E-state index contributed by atoms with van der Waals surface area (Å²) in [4.78, 5) is 4.08. The van der Waals surface area contributed by atoms with Crippen molar-refractivity contribution in [3.05, 3.63) is 44.8 Å². The molecule has 0 aliphatic heterocycles. The molecule has 0 radical (unpaired) electrons. The molecule has 2 rings (SSSR count). The molecule has 1 N–H and O–H groups in total. The second-order valence-corrected chi connectivity index (χ2v) is 5.48. The van der Waals surface area contributed by atoms with Gasteiger partial charge in [-0.3, -0.25) is 0 Å². The highest BCUT2D eigenvalue weighted by Gasteiger charge is 2.33. The van der Waals surface area contributed by atoms with Gasteiger partial charge in [0, 0.05) is 28.5 Å². The zero-order valence-corrected chi connectivity index (χ0v) is 12.1. The second kappa shape index (κ2) is 5.92. The van der Waals surface area contributed by atoms with Crippen LogP contribution >= 0.6 is 27.3 Å². The summed E-state index contributed by atoms with van der Waals surface area (Å²) in [5.74, 6) is 0. The molecule has 0 fully saturated rings. The van der Waals surface area contributed by atoms with Crippen molar-refractivity contribution in [2.45, 2.75) is 12.6 Å². The minimum atomic E-state index is -4.37. The van der Waals surface area contributed by atoms with Crippen LogP contribution in [0.1, 0.15) is 11.3 Å². The van der Waals surface area contributed by atoms with Crippen molar-refractivity contribution >= 4 is 33.0 Å². The first kappa shape index (κ1) is 14.3. The SMILES string of the molecule is FC(F)(F)c1cc(Br)ccc1NCCc1cscn1. The molecule has 0 bridgehead atoms. The Hall–Kier alpha value is -1.08. The predicted octanol–water partition coefficient (Wildman–Crippen LogP) is 4.58. The lowest BCUT2D eigenvalue weighted by molar-refractivity contribution is -0.137. The van der Waals surface area contributed by atoms with Gasteiger partial charge in [-0.15, -0.1) is 11.3 Å². The summed E-state index contributed by atoms with van der Waals surface area (Å²) < 4.78 is 39.0. The first-order chi connectivity index (χ1) is 8.97. The average Bonchev–Trinajstić information content (AvgIpc) is 2.83. The molecule has 1 aromatic carbocycles. The molecule has 2 aromatic rings. The Morgan fingerprint density at radius 3 is 2.74 bits per heavy atom. The van der Waals surface area contributed by atoms with E-state index in [0.29, 0.717) is 17.4 Å². The minimum Gasteiger partial charge on any atom is -0.384 e. The third kappa shape index (κ3) is 3.94. The fourth-order valence-corrected chi connectivity index (χ4v) is 2.55. The van der Waals surface area contributed by atoms with Gasteiger partial charge in [0.05, 0.1) is 16.8 Å². The molecule has 1 heterocycles. The number of nitrogens with zero attached hydrogens (tertiary/aromatic N) is 1. The van der Waals surface area contributed by atoms with Crippen LogP contribution in [0.3, 0.4) is 0 Å². The van der Waals surface area contributed by atoms with Gasteiger partial charge in [-0.2, -0.15) is 13.2 Å². The molecule has 0 saturated carbocycles. The van der Waals surface area contributed by atoms with Crippen LogP contribution in [0.15, 0.2) is 33.6 Å². The molecule has 0 aliphatic carbocycles. The molecule has 0 unspecified atom stereocenters. The van der Waals surface area contributed by atoms with E-state index in [-0.39, 0.29) is 5.69 Å². The largest absolute Gasteiger partial charge is 0.418 e. The van der Waals surface area contributed by atoms with E-state index in [1.807, 2.05) is 5.38 Å². The number of benzene rings is 1. The lowest BCUT2D eigenvalue weighted by Gasteiger charge is -2.14. The van der Waals surface area contributed by atoms with E-state index in [2.05, 4.69) is 26.2 Å². The quantitative estimate of drug-likeness (QED) is 0.872. The van der Waals surface area contributed by atoms with Crippen molar-refractivity contribution in [3.63, 3.8) is 0 Å². The molecule has 0 aliphatic rings. The summed E-state index contributed by atoms with van der Waals surface area (Å²) in [6, 6.07) is 4.08. The van der Waals surface area contributed by atoms with Crippen LogP contribution in [0.2, 0.25) is 0 Å². The monoisotopic (exact) mass is 350 g/mol. The number of hydrogen-bond acceptors (Lipinski definition) is 3. The Balaban J connectivity index is 2.07. The molecule has 102 valence electrons. The molecular weight excluding hydrogens is 341 g/mol. The summed E-state index contributed by atoms with van der Waals surface area (Å²) in [7, 11) is 0. The Bertz CT molecular complexity index is 540. The third-order valence-corrected chi connectivity index (χ3v) is 3.60. The van der Waals surface area contributed by atoms with Gasteiger partial charge in [-0.25, -0.2) is 4.98 Å². The van der Waals surface area contributed by atoms with Crippen molar-refractivity contribution in [1.29, 1.82) is 0 Å². The summed E-state index contributed by atoms with van der Waals surface area (Å²) in [5.41, 5.74) is 2.00. The highest BCUT2D eigenvalue weighted by Crippen LogP contribution is 2.36. The van der Waals surface area contributed by atoms with Gasteiger partial charge in [0.15, 0.2) is 0 Å². The van der Waals surface area contributed by atoms with Crippen LogP contribution in [0.25, 0.3) is 0 Å². The van der Waals surface area contributed by atoms with E-state index in [4.69, 9.17) is 0 Å². The predicted molar refractivity (Wildman–Crippen MR) is 73.5 cm³/mol. The van der Waals surface area contributed by atoms with Gasteiger partial charge in [0.2, 0.25) is 0 Å². The van der Waals surface area contributed by atoms with Crippen LogP contribution in [0, 0.1) is 0 Å². The van der Waals surface area contributed by atoms with Crippen molar-refractivity contribution in [2.24, 2.45) is 0 Å². The molecule has 2 nitrogen and oxygen atoms in total. The molecule has 0 saturated heterocycles. The molecule has 1 aromatic heterocycles. The molecule has 7 heteroatoms. The van der Waals surface area contributed by atoms with Gasteiger partial charge in [0.1, 0.15) is 0 Å². The number of alkyl halides is 3. The zero-order valence-electron chi connectivity index (χ0n) is 9.67. The zero-order chi connectivity index (χ0) is 13.9. The fraction of sp³-hybridized carbons (Fsp3) is 0.250. The number of aromatic nitrogens is 1. The van der Waals surface area contributed by atoms with E-state index in [1.165, 1.54) is 17.4 Å². The van der Waals surface area contributed by atoms with E-state index >= 15 is 0 Å². The van der Waals surface area contributed by atoms with Gasteiger partial charge in [-0.05, 0) is 18.2 Å². The first-order valence-corrected chi connectivity index (χ1v) is 7.18. The highest BCUT2D eigenvalue weighted by atomic mass is 79.9. The lowest BCUT2D eigenvalue weighted by atomic mass is 10.1. The Kier molecular flexibility index (Phi) is 4.46. The molecule has 0 atom stereocenters. The summed E-state index contributed by atoms with van der Waals surface area (Å²) >= 11 is 4.52. The van der Waals surface area contributed by atoms with E-state index in [0.717, 1.165) is 11.8 Å². The molecule has 0 amide bonds. The Morgan fingerprint density at radius 1 is 1.32 bits per heavy atom. The van der Waals surface area contributed by atoms with Crippen LogP contribution in [0.4, 0.5) is 18.9 Å². The number of thiazole rings is 1. The van der Waals surface area contributed by atoms with Gasteiger partial charge < -0.3 is 5.32 Å². The van der Waals surface area contributed by atoms with Crippen LogP contribution in [0.5, 0.6) is 0 Å². The Morgan fingerprint density at radius 2 is 2.11 bits per heavy atom.